The molecule has 30 heavy (non-hydrogen) atoms. The lowest BCUT2D eigenvalue weighted by molar-refractivity contribution is 0.355. The van der Waals surface area contributed by atoms with Crippen molar-refractivity contribution in [2.75, 3.05) is 26.6 Å². The van der Waals surface area contributed by atoms with Gasteiger partial charge < -0.3 is 24.1 Å². The Morgan fingerprint density at radius 2 is 1.53 bits per heavy atom. The molecule has 0 amide bonds. The molecule has 0 aliphatic carbocycles. The molecule has 7 nitrogen and oxygen atoms in total. The lowest BCUT2D eigenvalue weighted by Gasteiger charge is -2.18. The average Bonchev–Trinajstić information content (AvgIpc) is 2.70. The number of aromatic nitrogens is 2. The molecule has 1 N–H and O–H groups in total. The van der Waals surface area contributed by atoms with Gasteiger partial charge in [-0.1, -0.05) is 0 Å². The molecule has 0 saturated heterocycles. The van der Waals surface area contributed by atoms with Crippen LogP contribution in [0.1, 0.15) is 11.1 Å². The minimum atomic E-state index is -0.698. The van der Waals surface area contributed by atoms with Crippen molar-refractivity contribution < 1.29 is 23.0 Å². The standard InChI is InChI=1S/C21H21F2N3O4/c1-12-5-17(28-2)18(29-3)9-16(12)24-21-25-20(27)19(30-4)11-26(21)10-13-6-14(22)8-15(23)7-13/h5-9,11H,10H2,1-4H3,(H,24,25,27). The summed E-state index contributed by atoms with van der Waals surface area (Å²) in [7, 11) is 4.39. The molecule has 2 aromatic carbocycles. The minimum Gasteiger partial charge on any atom is -0.493 e. The van der Waals surface area contributed by atoms with Crippen molar-refractivity contribution >= 4 is 11.6 Å². The Labute approximate surface area is 171 Å². The Morgan fingerprint density at radius 1 is 0.933 bits per heavy atom. The van der Waals surface area contributed by atoms with Gasteiger partial charge in [-0.25, -0.2) is 8.78 Å². The van der Waals surface area contributed by atoms with E-state index in [1.54, 1.807) is 12.1 Å². The highest BCUT2D eigenvalue weighted by molar-refractivity contribution is 5.64. The maximum absolute atomic E-state index is 13.6. The van der Waals surface area contributed by atoms with Crippen LogP contribution < -0.4 is 25.1 Å². The number of anilines is 2. The third kappa shape index (κ3) is 4.51. The van der Waals surface area contributed by atoms with Crippen LogP contribution >= 0.6 is 0 Å². The van der Waals surface area contributed by atoms with E-state index in [1.807, 2.05) is 6.92 Å². The number of ether oxygens (including phenoxy) is 3. The third-order valence-corrected chi connectivity index (χ3v) is 4.44. The first-order chi connectivity index (χ1) is 14.3. The van der Waals surface area contributed by atoms with Crippen molar-refractivity contribution in [1.29, 1.82) is 0 Å². The van der Waals surface area contributed by atoms with Crippen LogP contribution in [0.4, 0.5) is 20.4 Å². The van der Waals surface area contributed by atoms with Gasteiger partial charge in [0.1, 0.15) is 11.6 Å². The van der Waals surface area contributed by atoms with Gasteiger partial charge in [0, 0.05) is 17.8 Å². The van der Waals surface area contributed by atoms with Crippen molar-refractivity contribution in [1.82, 2.24) is 9.55 Å². The van der Waals surface area contributed by atoms with Crippen LogP contribution in [0.3, 0.4) is 0 Å². The molecule has 0 bridgehead atoms. The van der Waals surface area contributed by atoms with E-state index in [9.17, 15) is 13.6 Å². The maximum atomic E-state index is 13.6. The fourth-order valence-corrected chi connectivity index (χ4v) is 2.97. The molecule has 158 valence electrons. The zero-order chi connectivity index (χ0) is 21.8. The number of nitrogens with one attached hydrogen (secondary N) is 1. The number of nitrogens with zero attached hydrogens (tertiary/aromatic N) is 2. The van der Waals surface area contributed by atoms with Crippen molar-refractivity contribution in [3.63, 3.8) is 0 Å². The highest BCUT2D eigenvalue weighted by atomic mass is 19.1. The molecular weight excluding hydrogens is 396 g/mol. The van der Waals surface area contributed by atoms with Crippen LogP contribution in [-0.2, 0) is 6.54 Å². The molecular formula is C21H21F2N3O4. The molecule has 0 aliphatic rings. The molecule has 0 unspecified atom stereocenters. The molecule has 0 spiro atoms. The van der Waals surface area contributed by atoms with Crippen LogP contribution in [-0.4, -0.2) is 30.9 Å². The zero-order valence-corrected chi connectivity index (χ0v) is 17.0. The summed E-state index contributed by atoms with van der Waals surface area (Å²) in [6.45, 7) is 1.89. The van der Waals surface area contributed by atoms with E-state index in [1.165, 1.54) is 44.2 Å². The predicted molar refractivity (Wildman–Crippen MR) is 108 cm³/mol. The number of hydrogen-bond acceptors (Lipinski definition) is 6. The summed E-state index contributed by atoms with van der Waals surface area (Å²) in [5, 5.41) is 3.08. The number of hydrogen-bond donors (Lipinski definition) is 1. The predicted octanol–water partition coefficient (Wildman–Crippen LogP) is 3.65. The van der Waals surface area contributed by atoms with E-state index < -0.39 is 17.2 Å². The lowest BCUT2D eigenvalue weighted by Crippen LogP contribution is -2.19. The van der Waals surface area contributed by atoms with Crippen LogP contribution in [0.5, 0.6) is 17.2 Å². The van der Waals surface area contributed by atoms with Crippen molar-refractivity contribution in [3.8, 4) is 17.2 Å². The van der Waals surface area contributed by atoms with E-state index in [0.29, 0.717) is 22.7 Å². The first kappa shape index (κ1) is 21.1. The number of rotatable bonds is 7. The first-order valence-electron chi connectivity index (χ1n) is 8.94. The van der Waals surface area contributed by atoms with Gasteiger partial charge in [-0.05, 0) is 36.2 Å². The monoisotopic (exact) mass is 417 g/mol. The normalized spacial score (nSPS) is 10.6. The lowest BCUT2D eigenvalue weighted by atomic mass is 10.1. The van der Waals surface area contributed by atoms with E-state index in [-0.39, 0.29) is 18.2 Å². The van der Waals surface area contributed by atoms with Gasteiger partial charge in [-0.2, -0.15) is 4.98 Å². The fourth-order valence-electron chi connectivity index (χ4n) is 2.97. The van der Waals surface area contributed by atoms with Gasteiger partial charge in [0.05, 0.1) is 34.1 Å². The number of benzene rings is 2. The Kier molecular flexibility index (Phi) is 6.20. The fraction of sp³-hybridized carbons (Fsp3) is 0.238. The highest BCUT2D eigenvalue weighted by Gasteiger charge is 2.14. The molecule has 3 rings (SSSR count). The molecule has 0 fully saturated rings. The summed E-state index contributed by atoms with van der Waals surface area (Å²) in [4.78, 5) is 16.3. The average molecular weight is 417 g/mol. The molecule has 0 radical (unpaired) electrons. The van der Waals surface area contributed by atoms with Crippen LogP contribution in [0.25, 0.3) is 0 Å². The summed E-state index contributed by atoms with van der Waals surface area (Å²) in [5.74, 6) is -0.189. The van der Waals surface area contributed by atoms with Gasteiger partial charge in [-0.15, -0.1) is 0 Å². The van der Waals surface area contributed by atoms with Crippen molar-refractivity contribution in [2.45, 2.75) is 13.5 Å². The summed E-state index contributed by atoms with van der Waals surface area (Å²) in [5.41, 5.74) is 1.19. The maximum Gasteiger partial charge on any atom is 0.316 e. The summed E-state index contributed by atoms with van der Waals surface area (Å²) in [6.07, 6.45) is 1.43. The van der Waals surface area contributed by atoms with E-state index >= 15 is 0 Å². The molecule has 1 heterocycles. The largest absolute Gasteiger partial charge is 0.493 e. The van der Waals surface area contributed by atoms with Crippen LogP contribution in [0.15, 0.2) is 41.3 Å². The molecule has 0 atom stereocenters. The van der Waals surface area contributed by atoms with E-state index in [0.717, 1.165) is 11.6 Å². The Bertz CT molecular complexity index is 1110. The van der Waals surface area contributed by atoms with E-state index in [4.69, 9.17) is 14.2 Å². The Hall–Kier alpha value is -3.62. The smallest absolute Gasteiger partial charge is 0.316 e. The van der Waals surface area contributed by atoms with Gasteiger partial charge >= 0.3 is 5.56 Å². The Morgan fingerprint density at radius 3 is 2.13 bits per heavy atom. The second-order valence-electron chi connectivity index (χ2n) is 6.49. The summed E-state index contributed by atoms with van der Waals surface area (Å²) in [6, 6.07) is 6.68. The quantitative estimate of drug-likeness (QED) is 0.633. The van der Waals surface area contributed by atoms with Crippen LogP contribution in [0, 0.1) is 18.6 Å². The molecule has 0 aliphatic heterocycles. The van der Waals surface area contributed by atoms with Crippen molar-refractivity contribution in [2.24, 2.45) is 0 Å². The van der Waals surface area contributed by atoms with E-state index in [2.05, 4.69) is 10.3 Å². The Balaban J connectivity index is 2.06. The molecule has 3 aromatic rings. The summed E-state index contributed by atoms with van der Waals surface area (Å²) < 4.78 is 44.4. The van der Waals surface area contributed by atoms with Gasteiger partial charge in [0.2, 0.25) is 11.7 Å². The number of methoxy groups -OCH3 is 3. The highest BCUT2D eigenvalue weighted by Crippen LogP contribution is 2.34. The third-order valence-electron chi connectivity index (χ3n) is 4.44. The zero-order valence-electron chi connectivity index (χ0n) is 17.0. The molecule has 0 saturated carbocycles. The van der Waals surface area contributed by atoms with Crippen LogP contribution in [0.2, 0.25) is 0 Å². The molecule has 1 aromatic heterocycles. The topological polar surface area (TPSA) is 74.6 Å². The number of halogens is 2. The second-order valence-corrected chi connectivity index (χ2v) is 6.49. The van der Waals surface area contributed by atoms with Crippen molar-refractivity contribution in [3.05, 3.63) is 69.6 Å². The van der Waals surface area contributed by atoms with Gasteiger partial charge in [-0.3, -0.25) is 4.79 Å². The SMILES string of the molecule is COc1cc(C)c(Nc2nc(=O)c(OC)cn2Cc2cc(F)cc(F)c2)cc1OC. The number of aryl methyl sites for hydroxylation is 1. The second kappa shape index (κ2) is 8.81. The first-order valence-corrected chi connectivity index (χ1v) is 8.94. The summed E-state index contributed by atoms with van der Waals surface area (Å²) >= 11 is 0. The molecule has 9 heteroatoms. The van der Waals surface area contributed by atoms with Gasteiger partial charge in [0.25, 0.3) is 0 Å². The minimum absolute atomic E-state index is 0.00135. The van der Waals surface area contributed by atoms with Gasteiger partial charge in [0.15, 0.2) is 11.5 Å².